The summed E-state index contributed by atoms with van der Waals surface area (Å²) in [5, 5.41) is 12.6. The van der Waals surface area contributed by atoms with Gasteiger partial charge in [0.05, 0.1) is 6.61 Å². The van der Waals surface area contributed by atoms with Crippen LogP contribution in [0.2, 0.25) is 0 Å². The molecule has 7 heteroatoms. The number of primary amides is 1. The molecule has 0 spiro atoms. The third-order valence-corrected chi connectivity index (χ3v) is 2.30. The van der Waals surface area contributed by atoms with Crippen LogP contribution in [-0.2, 0) is 9.53 Å². The second-order valence-electron chi connectivity index (χ2n) is 4.14. The fourth-order valence-corrected chi connectivity index (χ4v) is 1.37. The molecule has 1 aromatic carbocycles. The van der Waals surface area contributed by atoms with E-state index in [-0.39, 0.29) is 19.0 Å². The van der Waals surface area contributed by atoms with E-state index in [1.165, 1.54) is 24.3 Å². The summed E-state index contributed by atoms with van der Waals surface area (Å²) in [6, 6.07) is 5.56. The van der Waals surface area contributed by atoms with Crippen LogP contribution in [0.3, 0.4) is 0 Å². The van der Waals surface area contributed by atoms with Crippen molar-refractivity contribution >= 4 is 5.91 Å². The van der Waals surface area contributed by atoms with E-state index in [9.17, 15) is 14.3 Å². The Hall–Kier alpha value is -1.70. The van der Waals surface area contributed by atoms with E-state index in [0.29, 0.717) is 25.4 Å². The monoisotopic (exact) mass is 286 g/mol. The Morgan fingerprint density at radius 1 is 1.40 bits per heavy atom. The average molecular weight is 286 g/mol. The molecule has 0 aromatic heterocycles. The summed E-state index contributed by atoms with van der Waals surface area (Å²) in [7, 11) is 0. The van der Waals surface area contributed by atoms with Crippen LogP contribution in [0.25, 0.3) is 0 Å². The minimum Gasteiger partial charge on any atom is -0.491 e. The molecule has 0 aliphatic carbocycles. The molecule has 1 amide bonds. The standard InChI is InChI=1S/C13H19FN2O4/c14-10-1-3-12(4-2-10)20-8-11(17)7-16-5-6-19-9-13(15)18/h1-4,11,16-17H,5-9H2,(H2,15,18). The Labute approximate surface area is 116 Å². The van der Waals surface area contributed by atoms with E-state index in [1.807, 2.05) is 0 Å². The van der Waals surface area contributed by atoms with E-state index >= 15 is 0 Å². The molecule has 0 radical (unpaired) electrons. The summed E-state index contributed by atoms with van der Waals surface area (Å²) < 4.78 is 22.9. The first-order valence-electron chi connectivity index (χ1n) is 6.21. The van der Waals surface area contributed by atoms with Crippen molar-refractivity contribution < 1.29 is 23.8 Å². The summed E-state index contributed by atoms with van der Waals surface area (Å²) in [5.74, 6) is -0.358. The Bertz CT molecular complexity index is 400. The minimum atomic E-state index is -0.698. The molecule has 0 aliphatic heterocycles. The van der Waals surface area contributed by atoms with Gasteiger partial charge in [0, 0.05) is 13.1 Å². The van der Waals surface area contributed by atoms with E-state index < -0.39 is 12.0 Å². The number of rotatable bonds is 10. The van der Waals surface area contributed by atoms with Crippen molar-refractivity contribution in [1.29, 1.82) is 0 Å². The average Bonchev–Trinajstić information content (AvgIpc) is 2.41. The normalized spacial score (nSPS) is 12.1. The van der Waals surface area contributed by atoms with Crippen molar-refractivity contribution in [3.8, 4) is 5.75 Å². The number of halogens is 1. The number of ether oxygens (including phenoxy) is 2. The highest BCUT2D eigenvalue weighted by atomic mass is 19.1. The molecule has 1 unspecified atom stereocenters. The van der Waals surface area contributed by atoms with Crippen molar-refractivity contribution in [2.75, 3.05) is 32.9 Å². The highest BCUT2D eigenvalue weighted by Crippen LogP contribution is 2.10. The molecule has 112 valence electrons. The Kier molecular flexibility index (Phi) is 7.56. The number of hydrogen-bond acceptors (Lipinski definition) is 5. The lowest BCUT2D eigenvalue weighted by atomic mass is 10.3. The summed E-state index contributed by atoms with van der Waals surface area (Å²) in [5.41, 5.74) is 4.90. The van der Waals surface area contributed by atoms with Gasteiger partial charge >= 0.3 is 0 Å². The van der Waals surface area contributed by atoms with Gasteiger partial charge in [0.2, 0.25) is 5.91 Å². The maximum absolute atomic E-state index is 12.6. The quantitative estimate of drug-likeness (QED) is 0.511. The van der Waals surface area contributed by atoms with Gasteiger partial charge in [-0.05, 0) is 24.3 Å². The number of carbonyl (C=O) groups excluding carboxylic acids is 1. The zero-order valence-electron chi connectivity index (χ0n) is 11.0. The summed E-state index contributed by atoms with van der Waals surface area (Å²) >= 11 is 0. The van der Waals surface area contributed by atoms with Crippen LogP contribution in [0.15, 0.2) is 24.3 Å². The molecule has 1 aromatic rings. The zero-order valence-corrected chi connectivity index (χ0v) is 11.0. The van der Waals surface area contributed by atoms with Gasteiger partial charge in [-0.25, -0.2) is 4.39 Å². The fourth-order valence-electron chi connectivity index (χ4n) is 1.37. The molecule has 0 aliphatic rings. The third-order valence-electron chi connectivity index (χ3n) is 2.30. The topological polar surface area (TPSA) is 93.8 Å². The maximum Gasteiger partial charge on any atom is 0.243 e. The Balaban J connectivity index is 2.04. The molecular formula is C13H19FN2O4. The highest BCUT2D eigenvalue weighted by Gasteiger charge is 2.05. The lowest BCUT2D eigenvalue weighted by Gasteiger charge is -2.13. The SMILES string of the molecule is NC(=O)COCCNCC(O)COc1ccc(F)cc1. The predicted octanol–water partition coefficient (Wildman–Crippen LogP) is -0.343. The number of aliphatic hydroxyl groups is 1. The number of hydrogen-bond donors (Lipinski definition) is 3. The molecule has 1 atom stereocenters. The van der Waals surface area contributed by atoms with Gasteiger partial charge in [-0.1, -0.05) is 0 Å². The molecule has 0 fully saturated rings. The summed E-state index contributed by atoms with van der Waals surface area (Å²) in [6.07, 6.45) is -0.698. The largest absolute Gasteiger partial charge is 0.491 e. The highest BCUT2D eigenvalue weighted by molar-refractivity contribution is 5.74. The van der Waals surface area contributed by atoms with Gasteiger partial charge in [-0.2, -0.15) is 0 Å². The minimum absolute atomic E-state index is 0.0980. The van der Waals surface area contributed by atoms with Crippen LogP contribution in [0.1, 0.15) is 0 Å². The number of benzene rings is 1. The molecule has 4 N–H and O–H groups in total. The first-order valence-corrected chi connectivity index (χ1v) is 6.21. The van der Waals surface area contributed by atoms with Crippen LogP contribution in [-0.4, -0.2) is 50.0 Å². The maximum atomic E-state index is 12.6. The van der Waals surface area contributed by atoms with Crippen molar-refractivity contribution in [3.05, 3.63) is 30.1 Å². The van der Waals surface area contributed by atoms with Crippen LogP contribution in [0.5, 0.6) is 5.75 Å². The fraction of sp³-hybridized carbons (Fsp3) is 0.462. The smallest absolute Gasteiger partial charge is 0.243 e. The lowest BCUT2D eigenvalue weighted by Crippen LogP contribution is -2.33. The molecule has 1 rings (SSSR count). The van der Waals surface area contributed by atoms with Gasteiger partial charge in [-0.3, -0.25) is 4.79 Å². The van der Waals surface area contributed by atoms with Crippen LogP contribution in [0.4, 0.5) is 4.39 Å². The van der Waals surface area contributed by atoms with Crippen molar-refractivity contribution in [2.45, 2.75) is 6.10 Å². The first-order chi connectivity index (χ1) is 9.58. The summed E-state index contributed by atoms with van der Waals surface area (Å²) in [4.78, 5) is 10.4. The number of carbonyl (C=O) groups is 1. The van der Waals surface area contributed by atoms with E-state index in [0.717, 1.165) is 0 Å². The van der Waals surface area contributed by atoms with Crippen molar-refractivity contribution in [3.63, 3.8) is 0 Å². The number of nitrogens with one attached hydrogen (secondary N) is 1. The van der Waals surface area contributed by atoms with Gasteiger partial charge in [0.1, 0.15) is 30.9 Å². The van der Waals surface area contributed by atoms with Crippen LogP contribution < -0.4 is 15.8 Å². The molecule has 0 bridgehead atoms. The van der Waals surface area contributed by atoms with E-state index in [4.69, 9.17) is 15.2 Å². The summed E-state index contributed by atoms with van der Waals surface area (Å²) in [6.45, 7) is 1.12. The number of nitrogens with two attached hydrogens (primary N) is 1. The van der Waals surface area contributed by atoms with Gasteiger partial charge < -0.3 is 25.6 Å². The molecular weight excluding hydrogens is 267 g/mol. The molecule has 0 saturated carbocycles. The second kappa shape index (κ2) is 9.24. The Morgan fingerprint density at radius 3 is 2.75 bits per heavy atom. The number of amides is 1. The zero-order chi connectivity index (χ0) is 14.8. The third kappa shape index (κ3) is 7.67. The first kappa shape index (κ1) is 16.4. The van der Waals surface area contributed by atoms with Crippen LogP contribution >= 0.6 is 0 Å². The molecule has 6 nitrogen and oxygen atoms in total. The van der Waals surface area contributed by atoms with Crippen molar-refractivity contribution in [1.82, 2.24) is 5.32 Å². The van der Waals surface area contributed by atoms with Gasteiger partial charge in [0.15, 0.2) is 0 Å². The number of aliphatic hydroxyl groups excluding tert-OH is 1. The van der Waals surface area contributed by atoms with E-state index in [1.54, 1.807) is 0 Å². The Morgan fingerprint density at radius 2 is 2.10 bits per heavy atom. The van der Waals surface area contributed by atoms with Crippen molar-refractivity contribution in [2.24, 2.45) is 5.73 Å². The lowest BCUT2D eigenvalue weighted by molar-refractivity contribution is -0.122. The van der Waals surface area contributed by atoms with Gasteiger partial charge in [-0.15, -0.1) is 0 Å². The molecule has 20 heavy (non-hydrogen) atoms. The van der Waals surface area contributed by atoms with Gasteiger partial charge in [0.25, 0.3) is 0 Å². The second-order valence-corrected chi connectivity index (χ2v) is 4.14. The van der Waals surface area contributed by atoms with E-state index in [2.05, 4.69) is 5.32 Å². The predicted molar refractivity (Wildman–Crippen MR) is 70.8 cm³/mol. The van der Waals surface area contributed by atoms with Crippen LogP contribution in [0, 0.1) is 5.82 Å². The molecule has 0 heterocycles. The molecule has 0 saturated heterocycles.